The second-order valence-electron chi connectivity index (χ2n) is 3.62. The average Bonchev–Trinajstić information content (AvgIpc) is 2.37. The predicted octanol–water partition coefficient (Wildman–Crippen LogP) is 2.36. The maximum absolute atomic E-state index is 12.1. The van der Waals surface area contributed by atoms with Crippen LogP contribution in [0.3, 0.4) is 0 Å². The Morgan fingerprint density at radius 1 is 1.50 bits per heavy atom. The minimum absolute atomic E-state index is 0.243. The molecular formula is C13H14N2O3. The van der Waals surface area contributed by atoms with E-state index in [1.807, 2.05) is 6.92 Å². The standard InChI is InChI=1S/C13H14N2O3/c1-4-6-9(3)15-10(5-2)7-8-11(13(15)17)12(16)14-18/h4,6-8H,3,5H2,1-2H3/b6-4-. The van der Waals surface area contributed by atoms with Gasteiger partial charge >= 0.3 is 5.91 Å². The molecule has 0 saturated heterocycles. The highest BCUT2D eigenvalue weighted by Crippen LogP contribution is 2.09. The lowest BCUT2D eigenvalue weighted by Crippen LogP contribution is -2.27. The molecule has 0 fully saturated rings. The van der Waals surface area contributed by atoms with Crippen LogP contribution in [0.15, 0.2) is 40.8 Å². The Morgan fingerprint density at radius 2 is 2.17 bits per heavy atom. The van der Waals surface area contributed by atoms with Gasteiger partial charge < -0.3 is 0 Å². The molecule has 1 heterocycles. The van der Waals surface area contributed by atoms with Gasteiger partial charge in [0, 0.05) is 16.6 Å². The van der Waals surface area contributed by atoms with Crippen molar-refractivity contribution in [2.24, 2.45) is 5.18 Å². The fourth-order valence-corrected chi connectivity index (χ4v) is 1.65. The molecule has 0 aliphatic heterocycles. The van der Waals surface area contributed by atoms with Crippen LogP contribution in [-0.2, 0) is 6.42 Å². The van der Waals surface area contributed by atoms with Crippen molar-refractivity contribution in [2.45, 2.75) is 20.3 Å². The lowest BCUT2D eigenvalue weighted by molar-refractivity contribution is 0.0999. The number of carbonyl (C=O) groups is 1. The summed E-state index contributed by atoms with van der Waals surface area (Å²) in [5.74, 6) is -1.07. The molecule has 1 amide bonds. The largest absolute Gasteiger partial charge is 0.322 e. The van der Waals surface area contributed by atoms with Gasteiger partial charge in [0.15, 0.2) is 0 Å². The van der Waals surface area contributed by atoms with E-state index in [0.29, 0.717) is 17.8 Å². The number of aryl methyl sites for hydroxylation is 1. The van der Waals surface area contributed by atoms with E-state index in [9.17, 15) is 14.5 Å². The number of hydrogen-bond acceptors (Lipinski definition) is 3. The highest BCUT2D eigenvalue weighted by molar-refractivity contribution is 5.94. The third-order valence-corrected chi connectivity index (χ3v) is 2.48. The number of hydrogen-bond donors (Lipinski definition) is 0. The summed E-state index contributed by atoms with van der Waals surface area (Å²) in [6.07, 6.45) is 4.00. The fraction of sp³-hybridized carbons (Fsp3) is 0.231. The van der Waals surface area contributed by atoms with E-state index in [-0.39, 0.29) is 5.56 Å². The SMILES string of the molecule is C=C(/C=C\C)n1c(CC)ccc(C(=O)N=O)c1=O. The molecule has 0 saturated carbocycles. The molecule has 0 spiro atoms. The van der Waals surface area contributed by atoms with Crippen LogP contribution in [0.1, 0.15) is 29.9 Å². The molecule has 1 aromatic rings. The van der Waals surface area contributed by atoms with Crippen LogP contribution in [0, 0.1) is 4.91 Å². The zero-order chi connectivity index (χ0) is 13.7. The Balaban J connectivity index is 3.55. The molecule has 0 aromatic carbocycles. The molecule has 1 rings (SSSR count). The van der Waals surface area contributed by atoms with Crippen molar-refractivity contribution in [1.29, 1.82) is 0 Å². The molecule has 0 radical (unpaired) electrons. The van der Waals surface area contributed by atoms with Crippen molar-refractivity contribution >= 4 is 11.6 Å². The van der Waals surface area contributed by atoms with Gasteiger partial charge in [0.2, 0.25) is 0 Å². The molecule has 0 atom stereocenters. The molecular weight excluding hydrogens is 232 g/mol. The average molecular weight is 246 g/mol. The van der Waals surface area contributed by atoms with E-state index in [1.54, 1.807) is 25.1 Å². The summed E-state index contributed by atoms with van der Waals surface area (Å²) < 4.78 is 1.32. The molecule has 5 nitrogen and oxygen atoms in total. The van der Waals surface area contributed by atoms with E-state index in [1.165, 1.54) is 10.6 Å². The van der Waals surface area contributed by atoms with Crippen LogP contribution in [0.2, 0.25) is 0 Å². The zero-order valence-corrected chi connectivity index (χ0v) is 10.3. The van der Waals surface area contributed by atoms with Gasteiger partial charge in [-0.1, -0.05) is 19.6 Å². The van der Waals surface area contributed by atoms with E-state index in [0.717, 1.165) is 0 Å². The Bertz CT molecular complexity index is 582. The van der Waals surface area contributed by atoms with E-state index in [4.69, 9.17) is 0 Å². The van der Waals surface area contributed by atoms with E-state index < -0.39 is 11.5 Å². The van der Waals surface area contributed by atoms with Crippen molar-refractivity contribution in [2.75, 3.05) is 0 Å². The van der Waals surface area contributed by atoms with Crippen molar-refractivity contribution in [3.63, 3.8) is 0 Å². The molecule has 0 unspecified atom stereocenters. The molecule has 0 bridgehead atoms. The summed E-state index contributed by atoms with van der Waals surface area (Å²) >= 11 is 0. The van der Waals surface area contributed by atoms with Crippen LogP contribution in [-0.4, -0.2) is 10.5 Å². The van der Waals surface area contributed by atoms with Gasteiger partial charge in [0.25, 0.3) is 5.56 Å². The molecule has 18 heavy (non-hydrogen) atoms. The van der Waals surface area contributed by atoms with Gasteiger partial charge in [-0.15, -0.1) is 4.91 Å². The van der Waals surface area contributed by atoms with Gasteiger partial charge in [-0.2, -0.15) is 0 Å². The first-order valence-corrected chi connectivity index (χ1v) is 5.51. The first kappa shape index (κ1) is 13.8. The smallest absolute Gasteiger partial charge is 0.281 e. The minimum Gasteiger partial charge on any atom is -0.281 e. The van der Waals surface area contributed by atoms with E-state index >= 15 is 0 Å². The molecule has 1 aromatic heterocycles. The number of allylic oxidation sites excluding steroid dienone is 3. The molecule has 0 aliphatic carbocycles. The van der Waals surface area contributed by atoms with Crippen molar-refractivity contribution in [1.82, 2.24) is 4.57 Å². The molecule has 94 valence electrons. The summed E-state index contributed by atoms with van der Waals surface area (Å²) in [4.78, 5) is 33.6. The van der Waals surface area contributed by atoms with Crippen LogP contribution in [0.5, 0.6) is 0 Å². The number of rotatable bonds is 4. The van der Waals surface area contributed by atoms with Crippen LogP contribution < -0.4 is 5.56 Å². The zero-order valence-electron chi connectivity index (χ0n) is 10.3. The molecule has 0 N–H and O–H groups in total. The quantitative estimate of drug-likeness (QED) is 0.605. The summed E-state index contributed by atoms with van der Waals surface area (Å²) in [7, 11) is 0. The summed E-state index contributed by atoms with van der Waals surface area (Å²) in [5, 5.41) is 2.27. The summed E-state index contributed by atoms with van der Waals surface area (Å²) in [6.45, 7) is 7.44. The number of pyridine rings is 1. The van der Waals surface area contributed by atoms with Crippen molar-refractivity contribution in [3.8, 4) is 0 Å². The minimum atomic E-state index is -1.07. The lowest BCUT2D eigenvalue weighted by Gasteiger charge is -2.12. The van der Waals surface area contributed by atoms with Gasteiger partial charge in [-0.25, -0.2) is 0 Å². The number of amides is 1. The Hall–Kier alpha value is -2.30. The summed E-state index contributed by atoms with van der Waals surface area (Å²) in [5.41, 5.74) is 0.348. The number of carbonyl (C=O) groups excluding carboxylic acids is 1. The normalized spacial score (nSPS) is 10.6. The maximum atomic E-state index is 12.1. The topological polar surface area (TPSA) is 68.5 Å². The highest BCUT2D eigenvalue weighted by Gasteiger charge is 2.15. The summed E-state index contributed by atoms with van der Waals surface area (Å²) in [6, 6.07) is 2.94. The van der Waals surface area contributed by atoms with E-state index in [2.05, 4.69) is 11.8 Å². The molecule has 5 heteroatoms. The Morgan fingerprint density at radius 3 is 2.67 bits per heavy atom. The first-order valence-electron chi connectivity index (χ1n) is 5.51. The first-order chi connectivity index (χ1) is 8.56. The van der Waals surface area contributed by atoms with Crippen molar-refractivity contribution < 1.29 is 4.79 Å². The number of nitroso groups, excluding NO2 is 1. The third kappa shape index (κ3) is 2.51. The second kappa shape index (κ2) is 5.86. The number of aromatic nitrogens is 1. The van der Waals surface area contributed by atoms with Crippen molar-refractivity contribution in [3.05, 3.63) is 57.4 Å². The van der Waals surface area contributed by atoms with Gasteiger partial charge in [-0.3, -0.25) is 14.2 Å². The lowest BCUT2D eigenvalue weighted by atomic mass is 10.2. The third-order valence-electron chi connectivity index (χ3n) is 2.48. The number of nitrogens with zero attached hydrogens (tertiary/aromatic N) is 2. The van der Waals surface area contributed by atoms with Gasteiger partial charge in [0.1, 0.15) is 5.56 Å². The van der Waals surface area contributed by atoms with Crippen LogP contribution >= 0.6 is 0 Å². The van der Waals surface area contributed by atoms with Crippen LogP contribution in [0.4, 0.5) is 0 Å². The fourth-order valence-electron chi connectivity index (χ4n) is 1.65. The monoisotopic (exact) mass is 246 g/mol. The van der Waals surface area contributed by atoms with Gasteiger partial charge in [-0.05, 0) is 31.6 Å². The second-order valence-corrected chi connectivity index (χ2v) is 3.62. The van der Waals surface area contributed by atoms with Gasteiger partial charge in [0.05, 0.1) is 0 Å². The highest BCUT2D eigenvalue weighted by atomic mass is 16.3. The molecule has 0 aliphatic rings. The maximum Gasteiger partial charge on any atom is 0.322 e. The van der Waals surface area contributed by atoms with Crippen LogP contribution in [0.25, 0.3) is 5.70 Å². The predicted molar refractivity (Wildman–Crippen MR) is 70.3 cm³/mol. The Kier molecular flexibility index (Phi) is 4.48. The Labute approximate surface area is 104 Å².